The van der Waals surface area contributed by atoms with Crippen LogP contribution < -0.4 is 0 Å². The molecule has 0 amide bonds. The highest BCUT2D eigenvalue weighted by Crippen LogP contribution is 2.58. The first-order valence-corrected chi connectivity index (χ1v) is 7.13. The van der Waals surface area contributed by atoms with E-state index in [1.807, 2.05) is 20.8 Å². The van der Waals surface area contributed by atoms with Gasteiger partial charge in [0.05, 0.1) is 18.8 Å². The molecule has 1 saturated heterocycles. The van der Waals surface area contributed by atoms with Crippen molar-refractivity contribution in [3.05, 3.63) is 0 Å². The standard InChI is InChI=1S/C8H17ClNO3P/c1-8(2,3)13-14(9,11)10-4-6-12-7-5-10/h4-7H2,1-3H3. The summed E-state index contributed by atoms with van der Waals surface area (Å²) >= 11 is 5.90. The zero-order valence-corrected chi connectivity index (χ0v) is 10.5. The minimum absolute atomic E-state index is 0.490. The van der Waals surface area contributed by atoms with Crippen LogP contribution in [0.2, 0.25) is 0 Å². The van der Waals surface area contributed by atoms with Gasteiger partial charge in [-0.15, -0.1) is 0 Å². The SMILES string of the molecule is CC(C)(C)OP(=O)(Cl)N1CCOCC1. The summed E-state index contributed by atoms with van der Waals surface area (Å²) in [6, 6.07) is 0. The van der Waals surface area contributed by atoms with Crippen LogP contribution in [0.15, 0.2) is 0 Å². The third-order valence-corrected chi connectivity index (χ3v) is 4.41. The molecule has 0 aromatic rings. The highest BCUT2D eigenvalue weighted by Gasteiger charge is 2.34. The molecule has 0 saturated carbocycles. The minimum atomic E-state index is -3.16. The summed E-state index contributed by atoms with van der Waals surface area (Å²) in [5.74, 6) is 0. The largest absolute Gasteiger partial charge is 0.379 e. The zero-order chi connectivity index (χ0) is 10.8. The molecule has 6 heteroatoms. The zero-order valence-electron chi connectivity index (χ0n) is 8.83. The molecule has 1 fully saturated rings. The van der Waals surface area contributed by atoms with Crippen LogP contribution in [0.5, 0.6) is 0 Å². The molecule has 1 aliphatic heterocycles. The number of morpholine rings is 1. The Kier molecular flexibility index (Phi) is 4.01. The molecule has 84 valence electrons. The third kappa shape index (κ3) is 3.87. The van der Waals surface area contributed by atoms with E-state index < -0.39 is 12.5 Å². The number of hydrogen-bond acceptors (Lipinski definition) is 3. The first-order chi connectivity index (χ1) is 6.31. The van der Waals surface area contributed by atoms with Crippen molar-refractivity contribution < 1.29 is 13.8 Å². The van der Waals surface area contributed by atoms with Crippen LogP contribution in [0, 0.1) is 0 Å². The first kappa shape index (κ1) is 12.5. The highest BCUT2D eigenvalue weighted by atomic mass is 35.7. The molecule has 14 heavy (non-hydrogen) atoms. The number of halogens is 1. The fraction of sp³-hybridized carbons (Fsp3) is 1.00. The van der Waals surface area contributed by atoms with Crippen molar-refractivity contribution >= 4 is 18.1 Å². The first-order valence-electron chi connectivity index (χ1n) is 4.65. The maximum atomic E-state index is 12.0. The predicted octanol–water partition coefficient (Wildman–Crippen LogP) is 2.48. The smallest absolute Gasteiger partial charge is 0.363 e. The topological polar surface area (TPSA) is 38.8 Å². The summed E-state index contributed by atoms with van der Waals surface area (Å²) in [5.41, 5.74) is -0.490. The quantitative estimate of drug-likeness (QED) is 0.697. The van der Waals surface area contributed by atoms with Gasteiger partial charge < -0.3 is 9.26 Å². The summed E-state index contributed by atoms with van der Waals surface area (Å²) in [5, 5.41) is 0. The Bertz CT molecular complexity index is 235. The van der Waals surface area contributed by atoms with Crippen LogP contribution in [0.1, 0.15) is 20.8 Å². The highest BCUT2D eigenvalue weighted by molar-refractivity contribution is 7.83. The molecule has 1 rings (SSSR count). The average Bonchev–Trinajstić information content (AvgIpc) is 2.01. The lowest BCUT2D eigenvalue weighted by molar-refractivity contribution is 0.0551. The Balaban J connectivity index is 2.59. The molecule has 0 spiro atoms. The Hall–Kier alpha value is 0.400. The molecule has 0 N–H and O–H groups in total. The molecule has 4 nitrogen and oxygen atoms in total. The maximum absolute atomic E-state index is 12.0. The molecular formula is C8H17ClNO3P. The lowest BCUT2D eigenvalue weighted by atomic mass is 10.2. The van der Waals surface area contributed by atoms with E-state index in [0.717, 1.165) is 0 Å². The molecule has 0 aromatic carbocycles. The second kappa shape index (κ2) is 4.50. The van der Waals surface area contributed by atoms with Crippen LogP contribution in [0.3, 0.4) is 0 Å². The molecule has 0 radical (unpaired) electrons. The number of hydrogen-bond donors (Lipinski definition) is 0. The Morgan fingerprint density at radius 3 is 2.29 bits per heavy atom. The van der Waals surface area contributed by atoms with Gasteiger partial charge in [-0.25, -0.2) is 4.67 Å². The fourth-order valence-corrected chi connectivity index (χ4v) is 3.69. The maximum Gasteiger partial charge on any atom is 0.363 e. The average molecular weight is 242 g/mol. The van der Waals surface area contributed by atoms with Crippen molar-refractivity contribution in [3.63, 3.8) is 0 Å². The van der Waals surface area contributed by atoms with E-state index in [4.69, 9.17) is 20.5 Å². The lowest BCUT2D eigenvalue weighted by Gasteiger charge is -2.33. The van der Waals surface area contributed by atoms with Gasteiger partial charge in [0.25, 0.3) is 0 Å². The predicted molar refractivity (Wildman–Crippen MR) is 56.7 cm³/mol. The van der Waals surface area contributed by atoms with Crippen molar-refractivity contribution in [1.82, 2.24) is 4.67 Å². The molecule has 0 aliphatic carbocycles. The van der Waals surface area contributed by atoms with Gasteiger partial charge in [0.2, 0.25) is 0 Å². The second-order valence-corrected chi connectivity index (χ2v) is 7.15. The Labute approximate surface area is 89.8 Å². The molecule has 1 heterocycles. The molecule has 1 aliphatic rings. The van der Waals surface area contributed by atoms with E-state index in [1.54, 1.807) is 4.67 Å². The third-order valence-electron chi connectivity index (χ3n) is 1.71. The number of ether oxygens (including phenoxy) is 1. The van der Waals surface area contributed by atoms with E-state index in [1.165, 1.54) is 0 Å². The minimum Gasteiger partial charge on any atom is -0.379 e. The Morgan fingerprint density at radius 1 is 1.36 bits per heavy atom. The molecule has 0 bridgehead atoms. The van der Waals surface area contributed by atoms with Crippen LogP contribution >= 0.6 is 18.1 Å². The van der Waals surface area contributed by atoms with Crippen LogP contribution in [-0.2, 0) is 13.8 Å². The summed E-state index contributed by atoms with van der Waals surface area (Å²) in [7, 11) is 0. The van der Waals surface area contributed by atoms with Crippen LogP contribution in [-0.4, -0.2) is 36.6 Å². The second-order valence-electron chi connectivity index (χ2n) is 4.22. The monoisotopic (exact) mass is 241 g/mol. The van der Waals surface area contributed by atoms with Crippen molar-refractivity contribution in [2.75, 3.05) is 26.3 Å². The van der Waals surface area contributed by atoms with Gasteiger partial charge >= 0.3 is 6.87 Å². The van der Waals surface area contributed by atoms with Crippen molar-refractivity contribution in [2.45, 2.75) is 26.4 Å². The van der Waals surface area contributed by atoms with E-state index in [-0.39, 0.29) is 0 Å². The van der Waals surface area contributed by atoms with Gasteiger partial charge in [0, 0.05) is 13.1 Å². The number of rotatable bonds is 2. The molecule has 1 atom stereocenters. The normalized spacial score (nSPS) is 24.6. The van der Waals surface area contributed by atoms with Gasteiger partial charge in [0.15, 0.2) is 0 Å². The van der Waals surface area contributed by atoms with E-state index >= 15 is 0 Å². The molecule has 0 aromatic heterocycles. The van der Waals surface area contributed by atoms with Crippen molar-refractivity contribution in [1.29, 1.82) is 0 Å². The van der Waals surface area contributed by atoms with Crippen LogP contribution in [0.25, 0.3) is 0 Å². The van der Waals surface area contributed by atoms with Gasteiger partial charge in [-0.2, -0.15) is 0 Å². The van der Waals surface area contributed by atoms with Gasteiger partial charge in [0.1, 0.15) is 0 Å². The summed E-state index contributed by atoms with van der Waals surface area (Å²) in [6.07, 6.45) is 0. The van der Waals surface area contributed by atoms with Crippen molar-refractivity contribution in [3.8, 4) is 0 Å². The lowest BCUT2D eigenvalue weighted by Crippen LogP contribution is -2.34. The van der Waals surface area contributed by atoms with Gasteiger partial charge in [-0.1, -0.05) is 0 Å². The van der Waals surface area contributed by atoms with E-state index in [2.05, 4.69) is 0 Å². The van der Waals surface area contributed by atoms with Gasteiger partial charge in [-0.05, 0) is 32.0 Å². The van der Waals surface area contributed by atoms with E-state index in [9.17, 15) is 4.57 Å². The van der Waals surface area contributed by atoms with Crippen LogP contribution in [0.4, 0.5) is 0 Å². The van der Waals surface area contributed by atoms with Crippen molar-refractivity contribution in [2.24, 2.45) is 0 Å². The van der Waals surface area contributed by atoms with E-state index in [0.29, 0.717) is 26.3 Å². The summed E-state index contributed by atoms with van der Waals surface area (Å²) in [6.45, 7) is 4.60. The summed E-state index contributed by atoms with van der Waals surface area (Å²) in [4.78, 5) is 0. The number of nitrogens with zero attached hydrogens (tertiary/aromatic N) is 1. The van der Waals surface area contributed by atoms with Gasteiger partial charge in [-0.3, -0.25) is 4.57 Å². The Morgan fingerprint density at radius 2 is 1.86 bits per heavy atom. The summed E-state index contributed by atoms with van der Waals surface area (Å²) < 4.78 is 24.2. The molecular weight excluding hydrogens is 225 g/mol. The molecule has 1 unspecified atom stereocenters. The fourth-order valence-electron chi connectivity index (χ4n) is 1.19.